The summed E-state index contributed by atoms with van der Waals surface area (Å²) in [7, 11) is 0. The second-order valence-corrected chi connectivity index (χ2v) is 3.72. The Morgan fingerprint density at radius 1 is 1.58 bits per heavy atom. The summed E-state index contributed by atoms with van der Waals surface area (Å²) in [5.74, 6) is -0.102. The lowest BCUT2D eigenvalue weighted by Gasteiger charge is -2.09. The lowest BCUT2D eigenvalue weighted by Crippen LogP contribution is -1.96. The van der Waals surface area contributed by atoms with Crippen LogP contribution >= 0.6 is 27.5 Å². The first-order chi connectivity index (χ1) is 5.66. The van der Waals surface area contributed by atoms with E-state index in [2.05, 4.69) is 15.9 Å². The van der Waals surface area contributed by atoms with Crippen molar-refractivity contribution in [2.45, 2.75) is 12.8 Å². The summed E-state index contributed by atoms with van der Waals surface area (Å²) < 4.78 is 12.9. The molecule has 66 valence electrons. The largest absolute Gasteiger partial charge is 0.205 e. The SMILES string of the molecule is CC(CBr)c1cccc(F)c1Cl. The van der Waals surface area contributed by atoms with Gasteiger partial charge in [-0.15, -0.1) is 0 Å². The van der Waals surface area contributed by atoms with Gasteiger partial charge in [-0.05, 0) is 17.5 Å². The van der Waals surface area contributed by atoms with Gasteiger partial charge in [0, 0.05) is 5.33 Å². The van der Waals surface area contributed by atoms with E-state index in [0.29, 0.717) is 0 Å². The summed E-state index contributed by atoms with van der Waals surface area (Å²) in [5, 5.41) is 1.03. The maximum atomic E-state index is 12.9. The highest BCUT2D eigenvalue weighted by Gasteiger charge is 2.10. The van der Waals surface area contributed by atoms with E-state index >= 15 is 0 Å². The van der Waals surface area contributed by atoms with E-state index in [9.17, 15) is 4.39 Å². The molecular formula is C9H9BrClF. The predicted molar refractivity (Wildman–Crippen MR) is 53.6 cm³/mol. The fourth-order valence-corrected chi connectivity index (χ4v) is 1.65. The van der Waals surface area contributed by atoms with Crippen molar-refractivity contribution in [2.24, 2.45) is 0 Å². The van der Waals surface area contributed by atoms with Crippen LogP contribution in [0.25, 0.3) is 0 Å². The van der Waals surface area contributed by atoms with Crippen molar-refractivity contribution in [3.8, 4) is 0 Å². The van der Waals surface area contributed by atoms with Gasteiger partial charge in [0.2, 0.25) is 0 Å². The fraction of sp³-hybridized carbons (Fsp3) is 0.333. The number of hydrogen-bond donors (Lipinski definition) is 0. The molecule has 3 heteroatoms. The molecule has 1 aromatic rings. The monoisotopic (exact) mass is 250 g/mol. The minimum atomic E-state index is -0.345. The van der Waals surface area contributed by atoms with Crippen LogP contribution in [0, 0.1) is 5.82 Å². The van der Waals surface area contributed by atoms with E-state index in [-0.39, 0.29) is 16.8 Å². The topological polar surface area (TPSA) is 0 Å². The summed E-state index contributed by atoms with van der Waals surface area (Å²) in [6, 6.07) is 4.89. The van der Waals surface area contributed by atoms with Gasteiger partial charge in [-0.1, -0.05) is 46.6 Å². The van der Waals surface area contributed by atoms with Crippen molar-refractivity contribution in [3.63, 3.8) is 0 Å². The average Bonchev–Trinajstić information content (AvgIpc) is 2.08. The van der Waals surface area contributed by atoms with Gasteiger partial charge in [0.15, 0.2) is 0 Å². The van der Waals surface area contributed by atoms with Crippen LogP contribution in [0.5, 0.6) is 0 Å². The molecule has 0 amide bonds. The molecule has 0 aliphatic heterocycles. The van der Waals surface area contributed by atoms with Crippen LogP contribution in [0.3, 0.4) is 0 Å². The summed E-state index contributed by atoms with van der Waals surface area (Å²) in [4.78, 5) is 0. The Kier molecular flexibility index (Phi) is 3.53. The molecule has 12 heavy (non-hydrogen) atoms. The van der Waals surface area contributed by atoms with Crippen molar-refractivity contribution in [3.05, 3.63) is 34.6 Å². The van der Waals surface area contributed by atoms with E-state index in [1.165, 1.54) is 6.07 Å². The third-order valence-electron chi connectivity index (χ3n) is 1.74. The molecule has 1 atom stereocenters. The molecule has 1 aromatic carbocycles. The Morgan fingerprint density at radius 3 is 2.83 bits per heavy atom. The average molecular weight is 252 g/mol. The first kappa shape index (κ1) is 10.0. The highest BCUT2D eigenvalue weighted by molar-refractivity contribution is 9.09. The van der Waals surface area contributed by atoms with Crippen LogP contribution in [0.1, 0.15) is 18.4 Å². The second kappa shape index (κ2) is 4.24. The molecule has 0 radical (unpaired) electrons. The number of benzene rings is 1. The maximum Gasteiger partial charge on any atom is 0.142 e. The summed E-state index contributed by atoms with van der Waals surface area (Å²) in [6.07, 6.45) is 0. The van der Waals surface area contributed by atoms with Crippen molar-refractivity contribution >= 4 is 27.5 Å². The van der Waals surface area contributed by atoms with Crippen molar-refractivity contribution in [1.29, 1.82) is 0 Å². The fourth-order valence-electron chi connectivity index (χ4n) is 0.984. The summed E-state index contributed by atoms with van der Waals surface area (Å²) >= 11 is 9.10. The molecule has 0 fully saturated rings. The Balaban J connectivity index is 3.07. The van der Waals surface area contributed by atoms with Crippen molar-refractivity contribution < 1.29 is 4.39 Å². The second-order valence-electron chi connectivity index (χ2n) is 2.70. The third kappa shape index (κ3) is 1.99. The first-order valence-electron chi connectivity index (χ1n) is 3.66. The standard InChI is InChI=1S/C9H9BrClF/c1-6(5-10)7-3-2-4-8(12)9(7)11/h2-4,6H,5H2,1H3. The highest BCUT2D eigenvalue weighted by atomic mass is 79.9. The molecule has 1 rings (SSSR count). The smallest absolute Gasteiger partial charge is 0.142 e. The van der Waals surface area contributed by atoms with Gasteiger partial charge in [-0.2, -0.15) is 0 Å². The minimum Gasteiger partial charge on any atom is -0.205 e. The van der Waals surface area contributed by atoms with Gasteiger partial charge < -0.3 is 0 Å². The number of rotatable bonds is 2. The molecule has 0 saturated carbocycles. The van der Waals surface area contributed by atoms with Gasteiger partial charge >= 0.3 is 0 Å². The Labute approximate surface area is 84.9 Å². The molecule has 0 nitrogen and oxygen atoms in total. The highest BCUT2D eigenvalue weighted by Crippen LogP contribution is 2.27. The van der Waals surface area contributed by atoms with Gasteiger partial charge in [-0.3, -0.25) is 0 Å². The summed E-state index contributed by atoms with van der Waals surface area (Å²) in [6.45, 7) is 2.00. The van der Waals surface area contributed by atoms with Crippen LogP contribution in [0.2, 0.25) is 5.02 Å². The summed E-state index contributed by atoms with van der Waals surface area (Å²) in [5.41, 5.74) is 0.855. The van der Waals surface area contributed by atoms with E-state index in [0.717, 1.165) is 10.9 Å². The zero-order valence-electron chi connectivity index (χ0n) is 6.65. The lowest BCUT2D eigenvalue weighted by molar-refractivity contribution is 0.624. The van der Waals surface area contributed by atoms with Crippen molar-refractivity contribution in [2.75, 3.05) is 5.33 Å². The molecule has 0 aliphatic carbocycles. The third-order valence-corrected chi connectivity index (χ3v) is 3.11. The van der Waals surface area contributed by atoms with E-state index < -0.39 is 0 Å². The molecule has 0 aliphatic rings. The van der Waals surface area contributed by atoms with Gasteiger partial charge in [0.25, 0.3) is 0 Å². The van der Waals surface area contributed by atoms with Gasteiger partial charge in [0.1, 0.15) is 5.82 Å². The van der Waals surface area contributed by atoms with E-state index in [4.69, 9.17) is 11.6 Å². The van der Waals surface area contributed by atoms with Crippen LogP contribution < -0.4 is 0 Å². The molecule has 0 aromatic heterocycles. The molecule has 0 bridgehead atoms. The molecule has 0 N–H and O–H groups in total. The first-order valence-corrected chi connectivity index (χ1v) is 5.16. The normalized spacial score (nSPS) is 13.0. The lowest BCUT2D eigenvalue weighted by atomic mass is 10.0. The van der Waals surface area contributed by atoms with E-state index in [1.54, 1.807) is 6.07 Å². The zero-order chi connectivity index (χ0) is 9.14. The van der Waals surface area contributed by atoms with Crippen LogP contribution in [0.15, 0.2) is 18.2 Å². The number of alkyl halides is 1. The maximum absolute atomic E-state index is 12.9. The quantitative estimate of drug-likeness (QED) is 0.698. The van der Waals surface area contributed by atoms with E-state index in [1.807, 2.05) is 13.0 Å². The molecule has 0 heterocycles. The van der Waals surface area contributed by atoms with Crippen LogP contribution in [-0.4, -0.2) is 5.33 Å². The zero-order valence-corrected chi connectivity index (χ0v) is 8.99. The van der Waals surface area contributed by atoms with Gasteiger partial charge in [0.05, 0.1) is 5.02 Å². The van der Waals surface area contributed by atoms with Crippen LogP contribution in [0.4, 0.5) is 4.39 Å². The van der Waals surface area contributed by atoms with Crippen LogP contribution in [-0.2, 0) is 0 Å². The number of halogens is 3. The Morgan fingerprint density at radius 2 is 2.25 bits per heavy atom. The Bertz CT molecular complexity index is 275. The van der Waals surface area contributed by atoms with Crippen molar-refractivity contribution in [1.82, 2.24) is 0 Å². The molecule has 1 unspecified atom stereocenters. The molecule has 0 saturated heterocycles. The Hall–Kier alpha value is -0.0800. The molecule has 0 spiro atoms. The minimum absolute atomic E-state index is 0.240. The van der Waals surface area contributed by atoms with Gasteiger partial charge in [-0.25, -0.2) is 4.39 Å². The predicted octanol–water partition coefficient (Wildman–Crippen LogP) is 3.98. The molecular weight excluding hydrogens is 242 g/mol. The number of hydrogen-bond acceptors (Lipinski definition) is 0.